The van der Waals surface area contributed by atoms with Gasteiger partial charge in [0.15, 0.2) is 0 Å². The fraction of sp³-hybridized carbons (Fsp3) is 0.462. The first-order chi connectivity index (χ1) is 7.70. The van der Waals surface area contributed by atoms with Gasteiger partial charge in [-0.2, -0.15) is 0 Å². The number of methoxy groups -OCH3 is 1. The second-order valence-electron chi connectivity index (χ2n) is 4.24. The maximum atomic E-state index is 11.2. The van der Waals surface area contributed by atoms with Gasteiger partial charge in [0.05, 0.1) is 19.6 Å². The van der Waals surface area contributed by atoms with Gasteiger partial charge in [-0.25, -0.2) is 0 Å². The van der Waals surface area contributed by atoms with Crippen molar-refractivity contribution in [1.29, 1.82) is 0 Å². The number of hydrogen-bond donors (Lipinski definition) is 0. The van der Waals surface area contributed by atoms with Gasteiger partial charge in [0.25, 0.3) is 0 Å². The van der Waals surface area contributed by atoms with E-state index in [2.05, 4.69) is 6.07 Å². The highest BCUT2D eigenvalue weighted by molar-refractivity contribution is 5.73. The summed E-state index contributed by atoms with van der Waals surface area (Å²) >= 11 is 0. The lowest BCUT2D eigenvalue weighted by Crippen LogP contribution is -2.27. The normalized spacial score (nSPS) is 25.0. The number of carbonyl (C=O) groups excluding carboxylic acids is 1. The molecule has 0 bridgehead atoms. The number of ether oxygens (including phenoxy) is 2. The Morgan fingerprint density at radius 3 is 2.94 bits per heavy atom. The van der Waals surface area contributed by atoms with Gasteiger partial charge in [-0.3, -0.25) is 4.79 Å². The van der Waals surface area contributed by atoms with Crippen molar-refractivity contribution in [2.24, 2.45) is 5.92 Å². The first-order valence-corrected chi connectivity index (χ1v) is 5.51. The van der Waals surface area contributed by atoms with Crippen LogP contribution in [-0.2, 0) is 9.53 Å². The molecule has 0 aliphatic carbocycles. The van der Waals surface area contributed by atoms with Crippen molar-refractivity contribution in [2.45, 2.75) is 19.3 Å². The molecular weight excluding hydrogens is 204 g/mol. The van der Waals surface area contributed by atoms with E-state index in [1.807, 2.05) is 25.1 Å². The number of esters is 1. The smallest absolute Gasteiger partial charge is 0.308 e. The van der Waals surface area contributed by atoms with Gasteiger partial charge in [0, 0.05) is 5.92 Å². The van der Waals surface area contributed by atoms with Crippen LogP contribution in [0.3, 0.4) is 0 Å². The minimum atomic E-state index is -0.0841. The van der Waals surface area contributed by atoms with Crippen LogP contribution in [-0.4, -0.2) is 19.7 Å². The molecule has 1 aliphatic rings. The van der Waals surface area contributed by atoms with Crippen LogP contribution in [0.15, 0.2) is 24.3 Å². The molecule has 86 valence electrons. The molecule has 0 aromatic heterocycles. The Balaban J connectivity index is 2.15. The largest absolute Gasteiger partial charge is 0.497 e. The number of hydrogen-bond acceptors (Lipinski definition) is 3. The van der Waals surface area contributed by atoms with Gasteiger partial charge in [0.2, 0.25) is 0 Å². The number of carbonyl (C=O) groups is 1. The molecule has 3 heteroatoms. The van der Waals surface area contributed by atoms with Crippen LogP contribution >= 0.6 is 0 Å². The molecule has 1 aromatic carbocycles. The highest BCUT2D eigenvalue weighted by atomic mass is 16.5. The van der Waals surface area contributed by atoms with Crippen LogP contribution in [0.25, 0.3) is 0 Å². The molecule has 0 radical (unpaired) electrons. The Morgan fingerprint density at radius 2 is 2.25 bits per heavy atom. The van der Waals surface area contributed by atoms with Crippen molar-refractivity contribution in [1.82, 2.24) is 0 Å². The van der Waals surface area contributed by atoms with Gasteiger partial charge in [0.1, 0.15) is 5.75 Å². The van der Waals surface area contributed by atoms with Crippen LogP contribution in [0, 0.1) is 5.92 Å². The molecule has 1 fully saturated rings. The third-order valence-electron chi connectivity index (χ3n) is 3.03. The molecule has 1 aromatic rings. The quantitative estimate of drug-likeness (QED) is 0.718. The SMILES string of the molecule is COc1cccc([C@H]2COC(=O)[C@H](C)C2)c1. The lowest BCUT2D eigenvalue weighted by atomic mass is 9.88. The first kappa shape index (κ1) is 11.0. The topological polar surface area (TPSA) is 35.5 Å². The molecule has 1 saturated heterocycles. The molecule has 3 nitrogen and oxygen atoms in total. The van der Waals surface area contributed by atoms with E-state index in [4.69, 9.17) is 9.47 Å². The maximum absolute atomic E-state index is 11.2. The summed E-state index contributed by atoms with van der Waals surface area (Å²) in [7, 11) is 1.66. The van der Waals surface area contributed by atoms with E-state index in [1.54, 1.807) is 7.11 Å². The third-order valence-corrected chi connectivity index (χ3v) is 3.03. The minimum absolute atomic E-state index is 0.00930. The van der Waals surface area contributed by atoms with E-state index in [1.165, 1.54) is 5.56 Å². The predicted molar refractivity (Wildman–Crippen MR) is 60.5 cm³/mol. The van der Waals surface area contributed by atoms with E-state index in [9.17, 15) is 4.79 Å². The monoisotopic (exact) mass is 220 g/mol. The second kappa shape index (κ2) is 4.56. The van der Waals surface area contributed by atoms with Gasteiger partial charge >= 0.3 is 5.97 Å². The summed E-state index contributed by atoms with van der Waals surface area (Å²) in [5.74, 6) is 1.05. The summed E-state index contributed by atoms with van der Waals surface area (Å²) in [4.78, 5) is 11.2. The predicted octanol–water partition coefficient (Wildman–Crippen LogP) is 2.36. The Morgan fingerprint density at radius 1 is 1.44 bits per heavy atom. The molecule has 0 amide bonds. The van der Waals surface area contributed by atoms with Crippen molar-refractivity contribution in [3.63, 3.8) is 0 Å². The van der Waals surface area contributed by atoms with Crippen LogP contribution < -0.4 is 4.74 Å². The Labute approximate surface area is 95.4 Å². The van der Waals surface area contributed by atoms with Gasteiger partial charge in [-0.15, -0.1) is 0 Å². The molecular formula is C13H16O3. The summed E-state index contributed by atoms with van der Waals surface area (Å²) in [5.41, 5.74) is 1.18. The van der Waals surface area contributed by atoms with Crippen molar-refractivity contribution >= 4 is 5.97 Å². The van der Waals surface area contributed by atoms with Gasteiger partial charge in [-0.1, -0.05) is 19.1 Å². The van der Waals surface area contributed by atoms with Crippen molar-refractivity contribution < 1.29 is 14.3 Å². The van der Waals surface area contributed by atoms with E-state index in [0.717, 1.165) is 12.2 Å². The second-order valence-corrected chi connectivity index (χ2v) is 4.24. The summed E-state index contributed by atoms with van der Waals surface area (Å²) < 4.78 is 10.3. The number of cyclic esters (lactones) is 1. The number of rotatable bonds is 2. The van der Waals surface area contributed by atoms with Gasteiger partial charge in [-0.05, 0) is 24.1 Å². The Hall–Kier alpha value is -1.51. The van der Waals surface area contributed by atoms with E-state index in [-0.39, 0.29) is 11.9 Å². The van der Waals surface area contributed by atoms with Crippen LogP contribution in [0.5, 0.6) is 5.75 Å². The lowest BCUT2D eigenvalue weighted by Gasteiger charge is -2.26. The molecule has 1 heterocycles. The summed E-state index contributed by atoms with van der Waals surface area (Å²) in [5, 5.41) is 0. The van der Waals surface area contributed by atoms with Crippen LogP contribution in [0.2, 0.25) is 0 Å². The van der Waals surface area contributed by atoms with Crippen molar-refractivity contribution in [3.05, 3.63) is 29.8 Å². The molecule has 0 N–H and O–H groups in total. The van der Waals surface area contributed by atoms with Crippen LogP contribution in [0.1, 0.15) is 24.8 Å². The van der Waals surface area contributed by atoms with Gasteiger partial charge < -0.3 is 9.47 Å². The number of benzene rings is 1. The molecule has 0 spiro atoms. The molecule has 0 saturated carbocycles. The zero-order valence-electron chi connectivity index (χ0n) is 9.60. The molecule has 2 rings (SSSR count). The third kappa shape index (κ3) is 2.18. The van der Waals surface area contributed by atoms with E-state index in [0.29, 0.717) is 12.5 Å². The first-order valence-electron chi connectivity index (χ1n) is 5.51. The fourth-order valence-electron chi connectivity index (χ4n) is 2.04. The molecule has 16 heavy (non-hydrogen) atoms. The zero-order valence-corrected chi connectivity index (χ0v) is 9.60. The average Bonchev–Trinajstić information content (AvgIpc) is 2.33. The van der Waals surface area contributed by atoms with E-state index >= 15 is 0 Å². The summed E-state index contributed by atoms with van der Waals surface area (Å²) in [6.45, 7) is 2.39. The average molecular weight is 220 g/mol. The standard InChI is InChI=1S/C13H16O3/c1-9-6-11(8-16-13(9)14)10-4-3-5-12(7-10)15-2/h3-5,7,9,11H,6,8H2,1-2H3/t9-,11-/m1/s1. The minimum Gasteiger partial charge on any atom is -0.497 e. The van der Waals surface area contributed by atoms with Crippen molar-refractivity contribution in [3.8, 4) is 5.75 Å². The molecule has 1 aliphatic heterocycles. The maximum Gasteiger partial charge on any atom is 0.308 e. The Kier molecular flexibility index (Phi) is 3.13. The highest BCUT2D eigenvalue weighted by Gasteiger charge is 2.27. The highest BCUT2D eigenvalue weighted by Crippen LogP contribution is 2.30. The van der Waals surface area contributed by atoms with E-state index < -0.39 is 0 Å². The summed E-state index contributed by atoms with van der Waals surface area (Å²) in [6.07, 6.45) is 0.853. The molecule has 0 unspecified atom stereocenters. The zero-order chi connectivity index (χ0) is 11.5. The Bertz CT molecular complexity index is 387. The molecule has 2 atom stereocenters. The fourth-order valence-corrected chi connectivity index (χ4v) is 2.04. The lowest BCUT2D eigenvalue weighted by molar-refractivity contribution is -0.153. The van der Waals surface area contributed by atoms with Crippen LogP contribution in [0.4, 0.5) is 0 Å². The van der Waals surface area contributed by atoms with Crippen molar-refractivity contribution in [2.75, 3.05) is 13.7 Å². The summed E-state index contributed by atoms with van der Waals surface area (Å²) in [6, 6.07) is 7.95.